The first-order valence-electron chi connectivity index (χ1n) is 10.6. The topological polar surface area (TPSA) is 68.9 Å². The van der Waals surface area contributed by atoms with Crippen LogP contribution in [0.1, 0.15) is 5.56 Å². The van der Waals surface area contributed by atoms with Crippen LogP contribution in [-0.2, 0) is 6.61 Å². The van der Waals surface area contributed by atoms with Crippen molar-refractivity contribution in [1.82, 2.24) is 19.5 Å². The summed E-state index contributed by atoms with van der Waals surface area (Å²) in [6.07, 6.45) is 1.82. The number of rotatable bonds is 5. The molecule has 0 aliphatic carbocycles. The maximum absolute atomic E-state index is 9.46. The van der Waals surface area contributed by atoms with Gasteiger partial charge in [0.15, 0.2) is 0 Å². The summed E-state index contributed by atoms with van der Waals surface area (Å²) in [5, 5.41) is 17.5. The zero-order chi connectivity index (χ0) is 21.2. The molecule has 0 atom stereocenters. The minimum absolute atomic E-state index is 0.0165. The Labute approximate surface area is 181 Å². The Hall–Kier alpha value is -3.42. The SMILES string of the molecule is CN1CCN(c2cccc(Nc3ncc4ccc(-c5cccc(CO)c5)n4n3)c2)CC1. The summed E-state index contributed by atoms with van der Waals surface area (Å²) in [4.78, 5) is 9.26. The van der Waals surface area contributed by atoms with Gasteiger partial charge in [0.25, 0.3) is 0 Å². The van der Waals surface area contributed by atoms with E-state index in [0.717, 1.165) is 54.2 Å². The monoisotopic (exact) mass is 414 g/mol. The number of likely N-dealkylation sites (N-methyl/N-ethyl adjacent to an activating group) is 1. The molecule has 1 aliphatic heterocycles. The molecule has 31 heavy (non-hydrogen) atoms. The fourth-order valence-corrected chi connectivity index (χ4v) is 3.98. The van der Waals surface area contributed by atoms with Crippen LogP contribution in [0, 0.1) is 0 Å². The normalized spacial score (nSPS) is 14.8. The molecule has 0 amide bonds. The summed E-state index contributed by atoms with van der Waals surface area (Å²) in [6, 6.07) is 20.3. The van der Waals surface area contributed by atoms with E-state index in [9.17, 15) is 5.11 Å². The van der Waals surface area contributed by atoms with Crippen molar-refractivity contribution in [1.29, 1.82) is 0 Å². The number of nitrogens with zero attached hydrogens (tertiary/aromatic N) is 5. The second kappa shape index (κ2) is 8.37. The quantitative estimate of drug-likeness (QED) is 0.522. The fourth-order valence-electron chi connectivity index (χ4n) is 3.98. The van der Waals surface area contributed by atoms with Crippen LogP contribution < -0.4 is 10.2 Å². The first kappa shape index (κ1) is 19.5. The summed E-state index contributed by atoms with van der Waals surface area (Å²) in [5.41, 5.74) is 5.94. The molecule has 0 saturated carbocycles. The number of anilines is 3. The van der Waals surface area contributed by atoms with E-state index in [-0.39, 0.29) is 6.61 Å². The van der Waals surface area contributed by atoms with Gasteiger partial charge in [0.2, 0.25) is 5.95 Å². The summed E-state index contributed by atoms with van der Waals surface area (Å²) in [5.74, 6) is 0.541. The third-order valence-corrected chi connectivity index (χ3v) is 5.77. The van der Waals surface area contributed by atoms with Crippen molar-refractivity contribution in [3.63, 3.8) is 0 Å². The molecule has 1 aliphatic rings. The Morgan fingerprint density at radius 3 is 2.65 bits per heavy atom. The molecule has 2 N–H and O–H groups in total. The number of aliphatic hydroxyl groups excluding tert-OH is 1. The van der Waals surface area contributed by atoms with Crippen LogP contribution in [0.15, 0.2) is 66.9 Å². The van der Waals surface area contributed by atoms with Crippen molar-refractivity contribution in [3.05, 3.63) is 72.4 Å². The van der Waals surface area contributed by atoms with Crippen LogP contribution >= 0.6 is 0 Å². The first-order chi connectivity index (χ1) is 15.2. The number of aliphatic hydroxyl groups is 1. The lowest BCUT2D eigenvalue weighted by atomic mass is 10.1. The van der Waals surface area contributed by atoms with Gasteiger partial charge in [0, 0.05) is 43.1 Å². The Kier molecular flexibility index (Phi) is 5.28. The third-order valence-electron chi connectivity index (χ3n) is 5.77. The van der Waals surface area contributed by atoms with Gasteiger partial charge >= 0.3 is 0 Å². The third kappa shape index (κ3) is 4.10. The molecule has 4 aromatic rings. The van der Waals surface area contributed by atoms with Gasteiger partial charge in [-0.1, -0.05) is 24.3 Å². The van der Waals surface area contributed by atoms with E-state index >= 15 is 0 Å². The molecule has 1 fully saturated rings. The van der Waals surface area contributed by atoms with E-state index in [0.29, 0.717) is 5.95 Å². The van der Waals surface area contributed by atoms with Crippen molar-refractivity contribution < 1.29 is 5.11 Å². The Morgan fingerprint density at radius 1 is 0.968 bits per heavy atom. The highest BCUT2D eigenvalue weighted by molar-refractivity contribution is 5.68. The maximum atomic E-state index is 9.46. The standard InChI is InChI=1S/C24H26N6O/c1-28-10-12-29(13-11-28)21-7-3-6-20(15-21)26-24-25-16-22-8-9-23(30(22)27-24)19-5-2-4-18(14-19)17-31/h2-9,14-16,31H,10-13,17H2,1H3,(H,26,27). The van der Waals surface area contributed by atoms with Crippen LogP contribution in [0.2, 0.25) is 0 Å². The fraction of sp³-hybridized carbons (Fsp3) is 0.250. The number of fused-ring (bicyclic) bond motifs is 1. The largest absolute Gasteiger partial charge is 0.392 e. The van der Waals surface area contributed by atoms with Gasteiger partial charge in [-0.05, 0) is 49.0 Å². The average molecular weight is 415 g/mol. The van der Waals surface area contributed by atoms with Gasteiger partial charge < -0.3 is 20.2 Å². The summed E-state index contributed by atoms with van der Waals surface area (Å²) < 4.78 is 1.89. The number of benzene rings is 2. The molecule has 0 unspecified atom stereocenters. The lowest BCUT2D eigenvalue weighted by molar-refractivity contribution is 0.282. The molecule has 7 heteroatoms. The number of nitrogens with one attached hydrogen (secondary N) is 1. The number of piperazine rings is 1. The molecular weight excluding hydrogens is 388 g/mol. The molecule has 2 aromatic carbocycles. The van der Waals surface area contributed by atoms with Gasteiger partial charge in [-0.2, -0.15) is 0 Å². The van der Waals surface area contributed by atoms with Crippen molar-refractivity contribution in [2.45, 2.75) is 6.61 Å². The molecule has 7 nitrogen and oxygen atoms in total. The van der Waals surface area contributed by atoms with E-state index in [2.05, 4.69) is 45.3 Å². The number of hydrogen-bond acceptors (Lipinski definition) is 6. The van der Waals surface area contributed by atoms with Gasteiger partial charge in [-0.3, -0.25) is 0 Å². The molecule has 0 bridgehead atoms. The molecule has 2 aromatic heterocycles. The minimum atomic E-state index is 0.0165. The summed E-state index contributed by atoms with van der Waals surface area (Å²) in [6.45, 7) is 4.23. The minimum Gasteiger partial charge on any atom is -0.392 e. The van der Waals surface area contributed by atoms with E-state index in [4.69, 9.17) is 5.10 Å². The van der Waals surface area contributed by atoms with E-state index < -0.39 is 0 Å². The van der Waals surface area contributed by atoms with Crippen molar-refractivity contribution in [2.75, 3.05) is 43.4 Å². The van der Waals surface area contributed by atoms with Gasteiger partial charge in [-0.25, -0.2) is 9.50 Å². The van der Waals surface area contributed by atoms with Crippen LogP contribution in [-0.4, -0.2) is 57.8 Å². The Bertz CT molecular complexity index is 1200. The average Bonchev–Trinajstić information content (AvgIpc) is 3.23. The van der Waals surface area contributed by atoms with Crippen molar-refractivity contribution in [3.8, 4) is 11.3 Å². The second-order valence-electron chi connectivity index (χ2n) is 7.96. The van der Waals surface area contributed by atoms with Crippen molar-refractivity contribution >= 4 is 22.8 Å². The lowest BCUT2D eigenvalue weighted by Gasteiger charge is -2.34. The molecular formula is C24H26N6O. The molecule has 158 valence electrons. The van der Waals surface area contributed by atoms with E-state index in [1.165, 1.54) is 5.69 Å². The Morgan fingerprint density at radius 2 is 1.81 bits per heavy atom. The highest BCUT2D eigenvalue weighted by atomic mass is 16.3. The highest BCUT2D eigenvalue weighted by Gasteiger charge is 2.15. The maximum Gasteiger partial charge on any atom is 0.245 e. The summed E-state index contributed by atoms with van der Waals surface area (Å²) >= 11 is 0. The molecule has 0 radical (unpaired) electrons. The zero-order valence-corrected chi connectivity index (χ0v) is 17.6. The van der Waals surface area contributed by atoms with E-state index in [1.54, 1.807) is 0 Å². The predicted octanol–water partition coefficient (Wildman–Crippen LogP) is 3.38. The number of hydrogen-bond donors (Lipinski definition) is 2. The molecule has 3 heterocycles. The first-order valence-corrected chi connectivity index (χ1v) is 10.6. The summed E-state index contributed by atoms with van der Waals surface area (Å²) in [7, 11) is 2.17. The van der Waals surface area contributed by atoms with E-state index in [1.807, 2.05) is 53.2 Å². The predicted molar refractivity (Wildman–Crippen MR) is 124 cm³/mol. The van der Waals surface area contributed by atoms with Gasteiger partial charge in [0.05, 0.1) is 24.0 Å². The molecule has 1 saturated heterocycles. The highest BCUT2D eigenvalue weighted by Crippen LogP contribution is 2.25. The molecule has 5 rings (SSSR count). The van der Waals surface area contributed by atoms with Gasteiger partial charge in [-0.15, -0.1) is 5.10 Å². The second-order valence-corrected chi connectivity index (χ2v) is 7.96. The van der Waals surface area contributed by atoms with Crippen LogP contribution in [0.5, 0.6) is 0 Å². The number of aromatic nitrogens is 3. The van der Waals surface area contributed by atoms with Crippen molar-refractivity contribution in [2.24, 2.45) is 0 Å². The Balaban J connectivity index is 1.42. The van der Waals surface area contributed by atoms with Crippen LogP contribution in [0.3, 0.4) is 0 Å². The smallest absolute Gasteiger partial charge is 0.245 e. The zero-order valence-electron chi connectivity index (χ0n) is 17.6. The van der Waals surface area contributed by atoms with Crippen LogP contribution in [0.4, 0.5) is 17.3 Å². The van der Waals surface area contributed by atoms with Gasteiger partial charge in [0.1, 0.15) is 0 Å². The molecule has 0 spiro atoms. The van der Waals surface area contributed by atoms with Crippen LogP contribution in [0.25, 0.3) is 16.8 Å². The lowest BCUT2D eigenvalue weighted by Crippen LogP contribution is -2.44.